The highest BCUT2D eigenvalue weighted by atomic mass is 16.5. The van der Waals surface area contributed by atoms with Gasteiger partial charge in [0.25, 0.3) is 0 Å². The molecule has 4 nitrogen and oxygen atoms in total. The van der Waals surface area contributed by atoms with Crippen molar-refractivity contribution in [1.29, 1.82) is 0 Å². The summed E-state index contributed by atoms with van der Waals surface area (Å²) in [7, 11) is 1.31. The number of nitrogens with one attached hydrogen (secondary N) is 1. The van der Waals surface area contributed by atoms with Crippen molar-refractivity contribution >= 4 is 11.9 Å². The minimum absolute atomic E-state index is 0.249. The first kappa shape index (κ1) is 16.7. The molecule has 0 radical (unpaired) electrons. The van der Waals surface area contributed by atoms with E-state index in [0.717, 1.165) is 19.3 Å². The van der Waals surface area contributed by atoms with E-state index in [1.807, 2.05) is 0 Å². The summed E-state index contributed by atoms with van der Waals surface area (Å²) in [6.07, 6.45) is 9.76. The van der Waals surface area contributed by atoms with Crippen molar-refractivity contribution in [3.05, 3.63) is 11.8 Å². The zero-order valence-corrected chi connectivity index (χ0v) is 11.8. The highest BCUT2D eigenvalue weighted by molar-refractivity contribution is 5.93. The van der Waals surface area contributed by atoms with E-state index >= 15 is 0 Å². The maximum absolute atomic E-state index is 11.3. The molecule has 4 heteroatoms. The standard InChI is InChI=1S/C14H25NO3/c1-4-5-6-7-8-9-10-11-13(14(17)18-3)15-12(2)16/h11H,4-10H2,1-3H3,(H,15,16)/b13-11+. The number of ether oxygens (including phenoxy) is 1. The fraction of sp³-hybridized carbons (Fsp3) is 0.714. The lowest BCUT2D eigenvalue weighted by molar-refractivity contribution is -0.137. The minimum atomic E-state index is -0.490. The number of methoxy groups -OCH3 is 1. The van der Waals surface area contributed by atoms with Crippen LogP contribution >= 0.6 is 0 Å². The van der Waals surface area contributed by atoms with Crippen molar-refractivity contribution < 1.29 is 14.3 Å². The Bertz CT molecular complexity index is 285. The molecule has 0 aromatic heterocycles. The Hall–Kier alpha value is -1.32. The number of amides is 1. The van der Waals surface area contributed by atoms with Crippen molar-refractivity contribution in [1.82, 2.24) is 5.32 Å². The van der Waals surface area contributed by atoms with E-state index in [9.17, 15) is 9.59 Å². The van der Waals surface area contributed by atoms with E-state index in [-0.39, 0.29) is 11.6 Å². The average molecular weight is 255 g/mol. The Morgan fingerprint density at radius 3 is 2.28 bits per heavy atom. The van der Waals surface area contributed by atoms with Gasteiger partial charge in [0.05, 0.1) is 7.11 Å². The average Bonchev–Trinajstić information content (AvgIpc) is 2.34. The lowest BCUT2D eigenvalue weighted by Gasteiger charge is -2.05. The molecule has 0 saturated carbocycles. The predicted octanol–water partition coefficient (Wildman–Crippen LogP) is 2.93. The van der Waals surface area contributed by atoms with Gasteiger partial charge in [-0.1, -0.05) is 45.1 Å². The monoisotopic (exact) mass is 255 g/mol. The fourth-order valence-corrected chi connectivity index (χ4v) is 1.66. The van der Waals surface area contributed by atoms with Gasteiger partial charge >= 0.3 is 5.97 Å². The highest BCUT2D eigenvalue weighted by Crippen LogP contribution is 2.08. The zero-order valence-electron chi connectivity index (χ0n) is 11.8. The Morgan fingerprint density at radius 1 is 1.11 bits per heavy atom. The van der Waals surface area contributed by atoms with Gasteiger partial charge < -0.3 is 10.1 Å². The molecule has 1 amide bonds. The van der Waals surface area contributed by atoms with Crippen LogP contribution in [0.5, 0.6) is 0 Å². The van der Waals surface area contributed by atoms with E-state index in [0.29, 0.717) is 0 Å². The van der Waals surface area contributed by atoms with Crippen LogP contribution < -0.4 is 5.32 Å². The van der Waals surface area contributed by atoms with Crippen LogP contribution in [0.3, 0.4) is 0 Å². The molecule has 0 aromatic carbocycles. The molecule has 1 N–H and O–H groups in total. The largest absolute Gasteiger partial charge is 0.464 e. The quantitative estimate of drug-likeness (QED) is 0.391. The molecule has 0 atom stereocenters. The van der Waals surface area contributed by atoms with Gasteiger partial charge in [-0.15, -0.1) is 0 Å². The molecule has 0 aliphatic heterocycles. The molecule has 18 heavy (non-hydrogen) atoms. The topological polar surface area (TPSA) is 55.4 Å². The highest BCUT2D eigenvalue weighted by Gasteiger charge is 2.09. The zero-order chi connectivity index (χ0) is 13.8. The second kappa shape index (κ2) is 10.8. The lowest BCUT2D eigenvalue weighted by Crippen LogP contribution is -2.25. The molecular weight excluding hydrogens is 230 g/mol. The summed E-state index contributed by atoms with van der Waals surface area (Å²) in [6.45, 7) is 3.57. The number of esters is 1. The summed E-state index contributed by atoms with van der Waals surface area (Å²) in [4.78, 5) is 22.3. The first-order chi connectivity index (χ1) is 8.61. The van der Waals surface area contributed by atoms with E-state index in [1.54, 1.807) is 6.08 Å². The van der Waals surface area contributed by atoms with Gasteiger partial charge in [-0.2, -0.15) is 0 Å². The summed E-state index contributed by atoms with van der Waals surface area (Å²) in [5, 5.41) is 2.49. The maximum Gasteiger partial charge on any atom is 0.354 e. The third-order valence-corrected chi connectivity index (χ3v) is 2.62. The number of rotatable bonds is 9. The molecule has 0 bridgehead atoms. The van der Waals surface area contributed by atoms with Crippen molar-refractivity contribution in [2.75, 3.05) is 7.11 Å². The van der Waals surface area contributed by atoms with E-state index < -0.39 is 5.97 Å². The molecule has 0 rings (SSSR count). The molecule has 0 unspecified atom stereocenters. The third-order valence-electron chi connectivity index (χ3n) is 2.62. The van der Waals surface area contributed by atoms with Crippen LogP contribution in [-0.2, 0) is 14.3 Å². The smallest absolute Gasteiger partial charge is 0.354 e. The van der Waals surface area contributed by atoms with Crippen LogP contribution in [0.15, 0.2) is 11.8 Å². The molecule has 0 saturated heterocycles. The molecule has 0 aromatic rings. The lowest BCUT2D eigenvalue weighted by atomic mass is 10.1. The van der Waals surface area contributed by atoms with Crippen molar-refractivity contribution in [2.45, 2.75) is 58.8 Å². The normalized spacial score (nSPS) is 11.2. The molecule has 0 heterocycles. The van der Waals surface area contributed by atoms with Gasteiger partial charge in [-0.25, -0.2) is 4.79 Å². The number of carbonyl (C=O) groups is 2. The number of hydrogen-bond donors (Lipinski definition) is 1. The van der Waals surface area contributed by atoms with Crippen molar-refractivity contribution in [2.24, 2.45) is 0 Å². The predicted molar refractivity (Wildman–Crippen MR) is 71.9 cm³/mol. The van der Waals surface area contributed by atoms with Gasteiger partial charge in [0.1, 0.15) is 5.70 Å². The summed E-state index contributed by atoms with van der Waals surface area (Å²) in [5.74, 6) is -0.745. The molecule has 104 valence electrons. The Balaban J connectivity index is 3.93. The van der Waals surface area contributed by atoms with Crippen LogP contribution in [0.1, 0.15) is 58.8 Å². The number of unbranched alkanes of at least 4 members (excludes halogenated alkanes) is 6. The number of allylic oxidation sites excluding steroid dienone is 1. The van der Waals surface area contributed by atoms with Gasteiger partial charge in [0.2, 0.25) is 5.91 Å². The summed E-state index contributed by atoms with van der Waals surface area (Å²) in [6, 6.07) is 0. The van der Waals surface area contributed by atoms with Crippen LogP contribution in [0.4, 0.5) is 0 Å². The minimum Gasteiger partial charge on any atom is -0.464 e. The molecule has 0 fully saturated rings. The van der Waals surface area contributed by atoms with Crippen LogP contribution in [-0.4, -0.2) is 19.0 Å². The third kappa shape index (κ3) is 8.79. The molecule has 0 aliphatic carbocycles. The van der Waals surface area contributed by atoms with E-state index in [2.05, 4.69) is 17.0 Å². The summed E-state index contributed by atoms with van der Waals surface area (Å²) < 4.78 is 4.60. The fourth-order valence-electron chi connectivity index (χ4n) is 1.66. The van der Waals surface area contributed by atoms with E-state index in [4.69, 9.17) is 0 Å². The second-order valence-corrected chi connectivity index (χ2v) is 4.35. The maximum atomic E-state index is 11.3. The van der Waals surface area contributed by atoms with Gasteiger partial charge in [0, 0.05) is 6.92 Å². The Kier molecular flexibility index (Phi) is 10.0. The Morgan fingerprint density at radius 2 is 1.72 bits per heavy atom. The van der Waals surface area contributed by atoms with Crippen molar-refractivity contribution in [3.8, 4) is 0 Å². The SMILES string of the molecule is CCCCCCCC/C=C(/NC(C)=O)C(=O)OC. The van der Waals surface area contributed by atoms with Gasteiger partial charge in [-0.3, -0.25) is 4.79 Å². The van der Waals surface area contributed by atoms with Crippen LogP contribution in [0, 0.1) is 0 Å². The van der Waals surface area contributed by atoms with Gasteiger partial charge in [-0.05, 0) is 12.8 Å². The van der Waals surface area contributed by atoms with Crippen molar-refractivity contribution in [3.63, 3.8) is 0 Å². The Labute approximate surface area is 110 Å². The summed E-state index contributed by atoms with van der Waals surface area (Å²) in [5.41, 5.74) is 0.249. The number of carbonyl (C=O) groups excluding carboxylic acids is 2. The molecular formula is C14H25NO3. The number of hydrogen-bond acceptors (Lipinski definition) is 3. The van der Waals surface area contributed by atoms with E-state index in [1.165, 1.54) is 39.7 Å². The van der Waals surface area contributed by atoms with Crippen LogP contribution in [0.25, 0.3) is 0 Å². The summed E-state index contributed by atoms with van der Waals surface area (Å²) >= 11 is 0. The van der Waals surface area contributed by atoms with Crippen LogP contribution in [0.2, 0.25) is 0 Å². The molecule has 0 spiro atoms. The second-order valence-electron chi connectivity index (χ2n) is 4.35. The van der Waals surface area contributed by atoms with Gasteiger partial charge in [0.15, 0.2) is 0 Å². The molecule has 0 aliphatic rings. The first-order valence-electron chi connectivity index (χ1n) is 6.67. The first-order valence-corrected chi connectivity index (χ1v) is 6.67.